The number of hydrogen-bond acceptors (Lipinski definition) is 1. The lowest BCUT2D eigenvalue weighted by Crippen LogP contribution is -1.87. The van der Waals surface area contributed by atoms with Gasteiger partial charge < -0.3 is 4.74 Å². The van der Waals surface area contributed by atoms with Gasteiger partial charge in [-0.15, -0.1) is 0 Å². The smallest absolute Gasteiger partial charge is 0.127 e. The first-order valence-corrected chi connectivity index (χ1v) is 6.17. The summed E-state index contributed by atoms with van der Waals surface area (Å²) in [5, 5.41) is 0. The number of hydrogen-bond donors (Lipinski definition) is 0. The largest absolute Gasteiger partial charge is 0.457 e. The second-order valence-electron chi connectivity index (χ2n) is 4.70. The van der Waals surface area contributed by atoms with E-state index in [0.717, 1.165) is 11.5 Å². The van der Waals surface area contributed by atoms with E-state index in [9.17, 15) is 0 Å². The molecule has 0 amide bonds. The monoisotopic (exact) mass is 224 g/mol. The Bertz CT molecular complexity index is 543. The van der Waals surface area contributed by atoms with E-state index in [1.807, 2.05) is 12.1 Å². The van der Waals surface area contributed by atoms with Crippen molar-refractivity contribution in [1.29, 1.82) is 0 Å². The van der Waals surface area contributed by atoms with Crippen molar-refractivity contribution in [3.63, 3.8) is 0 Å². The molecule has 86 valence electrons. The number of rotatable bonds is 2. The minimum Gasteiger partial charge on any atom is -0.457 e. The maximum absolute atomic E-state index is 5.88. The van der Waals surface area contributed by atoms with Gasteiger partial charge in [0.1, 0.15) is 11.5 Å². The zero-order chi connectivity index (χ0) is 11.7. The summed E-state index contributed by atoms with van der Waals surface area (Å²) in [6.07, 6.45) is 3.70. The van der Waals surface area contributed by atoms with Gasteiger partial charge in [0, 0.05) is 0 Å². The lowest BCUT2D eigenvalue weighted by Gasteiger charge is -2.08. The van der Waals surface area contributed by atoms with Gasteiger partial charge in [0.05, 0.1) is 0 Å². The molecule has 0 unspecified atom stereocenters. The molecule has 0 heterocycles. The minimum atomic E-state index is 0.919. The van der Waals surface area contributed by atoms with Gasteiger partial charge in [-0.25, -0.2) is 0 Å². The first-order chi connectivity index (χ1) is 8.31. The summed E-state index contributed by atoms with van der Waals surface area (Å²) in [7, 11) is 0. The second kappa shape index (κ2) is 4.25. The van der Waals surface area contributed by atoms with Crippen molar-refractivity contribution < 1.29 is 4.74 Å². The molecule has 1 aliphatic carbocycles. The molecule has 1 nitrogen and oxygen atoms in total. The van der Waals surface area contributed by atoms with Crippen molar-refractivity contribution in [3.8, 4) is 11.5 Å². The fraction of sp³-hybridized carbons (Fsp3) is 0.250. The molecule has 0 radical (unpaired) electrons. The van der Waals surface area contributed by atoms with Crippen LogP contribution in [0.1, 0.15) is 23.1 Å². The molecule has 3 rings (SSSR count). The third-order valence-corrected chi connectivity index (χ3v) is 3.30. The molecule has 0 N–H and O–H groups in total. The van der Waals surface area contributed by atoms with Gasteiger partial charge in [0.15, 0.2) is 0 Å². The molecular formula is C16H16O. The van der Waals surface area contributed by atoms with Crippen molar-refractivity contribution in [2.75, 3.05) is 0 Å². The molecule has 0 saturated heterocycles. The van der Waals surface area contributed by atoms with Crippen molar-refractivity contribution in [2.24, 2.45) is 0 Å². The molecule has 0 saturated carbocycles. The van der Waals surface area contributed by atoms with E-state index in [1.54, 1.807) is 0 Å². The zero-order valence-corrected chi connectivity index (χ0v) is 10.1. The zero-order valence-electron chi connectivity index (χ0n) is 10.1. The predicted octanol–water partition coefficient (Wildman–Crippen LogP) is 4.28. The van der Waals surface area contributed by atoms with Crippen molar-refractivity contribution in [3.05, 3.63) is 59.2 Å². The predicted molar refractivity (Wildman–Crippen MR) is 69.7 cm³/mol. The van der Waals surface area contributed by atoms with E-state index in [0.29, 0.717) is 0 Å². The maximum Gasteiger partial charge on any atom is 0.127 e. The first kappa shape index (κ1) is 10.4. The van der Waals surface area contributed by atoms with E-state index < -0.39 is 0 Å². The number of benzene rings is 2. The van der Waals surface area contributed by atoms with Crippen LogP contribution in [0.15, 0.2) is 42.5 Å². The molecule has 0 bridgehead atoms. The van der Waals surface area contributed by atoms with Gasteiger partial charge in [-0.1, -0.05) is 18.2 Å². The molecule has 17 heavy (non-hydrogen) atoms. The number of fused-ring (bicyclic) bond motifs is 1. The lowest BCUT2D eigenvalue weighted by molar-refractivity contribution is 0.481. The Labute approximate surface area is 102 Å². The van der Waals surface area contributed by atoms with Crippen LogP contribution in [0.3, 0.4) is 0 Å². The quantitative estimate of drug-likeness (QED) is 0.740. The molecule has 1 aliphatic rings. The van der Waals surface area contributed by atoms with Crippen LogP contribution in [-0.2, 0) is 12.8 Å². The summed E-state index contributed by atoms with van der Waals surface area (Å²) in [5.41, 5.74) is 4.17. The van der Waals surface area contributed by atoms with Gasteiger partial charge >= 0.3 is 0 Å². The first-order valence-electron chi connectivity index (χ1n) is 6.17. The third-order valence-electron chi connectivity index (χ3n) is 3.30. The molecule has 0 atom stereocenters. The van der Waals surface area contributed by atoms with E-state index in [4.69, 9.17) is 4.74 Å². The summed E-state index contributed by atoms with van der Waals surface area (Å²) in [6, 6.07) is 14.6. The molecule has 2 aromatic rings. The average Bonchev–Trinajstić information content (AvgIpc) is 2.76. The number of ether oxygens (including phenoxy) is 1. The Hall–Kier alpha value is -1.76. The molecule has 2 aromatic carbocycles. The van der Waals surface area contributed by atoms with Crippen molar-refractivity contribution in [2.45, 2.75) is 26.2 Å². The number of aryl methyl sites for hydroxylation is 3. The van der Waals surface area contributed by atoms with Crippen LogP contribution in [0.25, 0.3) is 0 Å². The highest BCUT2D eigenvalue weighted by molar-refractivity contribution is 5.41. The SMILES string of the molecule is Cc1cccc(Oc2ccc3c(c2)CCC3)c1. The highest BCUT2D eigenvalue weighted by Crippen LogP contribution is 2.29. The van der Waals surface area contributed by atoms with Crippen LogP contribution in [0.2, 0.25) is 0 Å². The van der Waals surface area contributed by atoms with Crippen LogP contribution >= 0.6 is 0 Å². The van der Waals surface area contributed by atoms with Gasteiger partial charge in [0.25, 0.3) is 0 Å². The van der Waals surface area contributed by atoms with Gasteiger partial charge in [-0.3, -0.25) is 0 Å². The fourth-order valence-corrected chi connectivity index (χ4v) is 2.43. The van der Waals surface area contributed by atoms with Crippen molar-refractivity contribution >= 4 is 0 Å². The Morgan fingerprint density at radius 3 is 2.59 bits per heavy atom. The van der Waals surface area contributed by atoms with Crippen LogP contribution in [-0.4, -0.2) is 0 Å². The van der Waals surface area contributed by atoms with Crippen molar-refractivity contribution in [1.82, 2.24) is 0 Å². The normalized spacial score (nSPS) is 13.5. The van der Waals surface area contributed by atoms with E-state index in [1.165, 1.54) is 36.0 Å². The molecule has 0 aliphatic heterocycles. The molecular weight excluding hydrogens is 208 g/mol. The lowest BCUT2D eigenvalue weighted by atomic mass is 10.1. The standard InChI is InChI=1S/C16H16O/c1-12-4-2-7-15(10-12)17-16-9-8-13-5-3-6-14(13)11-16/h2,4,7-11H,3,5-6H2,1H3. The van der Waals surface area contributed by atoms with E-state index in [2.05, 4.69) is 37.3 Å². The summed E-state index contributed by atoms with van der Waals surface area (Å²) in [4.78, 5) is 0. The average molecular weight is 224 g/mol. The Morgan fingerprint density at radius 1 is 0.882 bits per heavy atom. The molecule has 0 aromatic heterocycles. The van der Waals surface area contributed by atoms with E-state index in [-0.39, 0.29) is 0 Å². The minimum absolute atomic E-state index is 0.919. The Balaban J connectivity index is 1.86. The van der Waals surface area contributed by atoms with Gasteiger partial charge in [0.2, 0.25) is 0 Å². The third kappa shape index (κ3) is 2.19. The maximum atomic E-state index is 5.88. The Kier molecular flexibility index (Phi) is 2.60. The summed E-state index contributed by atoms with van der Waals surface area (Å²) >= 11 is 0. The topological polar surface area (TPSA) is 9.23 Å². The van der Waals surface area contributed by atoms with Crippen LogP contribution in [0, 0.1) is 6.92 Å². The van der Waals surface area contributed by atoms with Crippen LogP contribution in [0.4, 0.5) is 0 Å². The van der Waals surface area contributed by atoms with Gasteiger partial charge in [-0.2, -0.15) is 0 Å². The van der Waals surface area contributed by atoms with Gasteiger partial charge in [-0.05, 0) is 67.1 Å². The fourth-order valence-electron chi connectivity index (χ4n) is 2.43. The Morgan fingerprint density at radius 2 is 1.71 bits per heavy atom. The summed E-state index contributed by atoms with van der Waals surface area (Å²) in [6.45, 7) is 2.08. The van der Waals surface area contributed by atoms with Crippen LogP contribution in [0.5, 0.6) is 11.5 Å². The molecule has 1 heteroatoms. The molecule has 0 fully saturated rings. The molecule has 0 spiro atoms. The van der Waals surface area contributed by atoms with E-state index >= 15 is 0 Å². The summed E-state index contributed by atoms with van der Waals surface area (Å²) < 4.78 is 5.88. The highest BCUT2D eigenvalue weighted by Gasteiger charge is 2.11. The summed E-state index contributed by atoms with van der Waals surface area (Å²) in [5.74, 6) is 1.87. The highest BCUT2D eigenvalue weighted by atomic mass is 16.5. The van der Waals surface area contributed by atoms with Crippen LogP contribution < -0.4 is 4.74 Å². The second-order valence-corrected chi connectivity index (χ2v) is 4.70.